The minimum absolute atomic E-state index is 0.0449. The van der Waals surface area contributed by atoms with Gasteiger partial charge in [0.15, 0.2) is 0 Å². The van der Waals surface area contributed by atoms with Crippen molar-refractivity contribution in [2.24, 2.45) is 5.92 Å². The van der Waals surface area contributed by atoms with Crippen LogP contribution in [0.15, 0.2) is 0 Å². The molecule has 0 aromatic heterocycles. The van der Waals surface area contributed by atoms with E-state index in [-0.39, 0.29) is 6.10 Å². The molecule has 0 spiro atoms. The highest BCUT2D eigenvalue weighted by molar-refractivity contribution is 7.89. The van der Waals surface area contributed by atoms with E-state index in [4.69, 9.17) is 9.47 Å². The molecule has 3 unspecified atom stereocenters. The molecule has 0 bridgehead atoms. The van der Waals surface area contributed by atoms with Gasteiger partial charge >= 0.3 is 5.97 Å². The fraction of sp³-hybridized carbons (Fsp3) is 0.923. The maximum atomic E-state index is 12.7. The Morgan fingerprint density at radius 2 is 1.90 bits per heavy atom. The van der Waals surface area contributed by atoms with Gasteiger partial charge in [-0.2, -0.15) is 4.31 Å². The molecule has 1 aliphatic heterocycles. The Kier molecular flexibility index (Phi) is 5.04. The molecule has 7 heteroatoms. The van der Waals surface area contributed by atoms with Crippen LogP contribution in [0.3, 0.4) is 0 Å². The summed E-state index contributed by atoms with van der Waals surface area (Å²) in [5.74, 6) is -0.927. The summed E-state index contributed by atoms with van der Waals surface area (Å²) < 4.78 is 37.0. The maximum Gasteiger partial charge on any atom is 0.310 e. The van der Waals surface area contributed by atoms with E-state index in [2.05, 4.69) is 0 Å². The molecule has 6 nitrogen and oxygen atoms in total. The molecule has 2 aliphatic rings. The number of esters is 1. The molecule has 0 N–H and O–H groups in total. The largest absolute Gasteiger partial charge is 0.469 e. The summed E-state index contributed by atoms with van der Waals surface area (Å²) in [5, 5.41) is -0.634. The highest BCUT2D eigenvalue weighted by atomic mass is 32.2. The Hall–Kier alpha value is -0.660. The van der Waals surface area contributed by atoms with Gasteiger partial charge in [0.05, 0.1) is 24.4 Å². The SMILES string of the molecule is COC(=O)C1CCCC1S(=O)(=O)N1CCCC(OC)C1. The number of hydrogen-bond acceptors (Lipinski definition) is 5. The Morgan fingerprint density at radius 1 is 1.15 bits per heavy atom. The van der Waals surface area contributed by atoms with Crippen LogP contribution in [-0.2, 0) is 24.3 Å². The lowest BCUT2D eigenvalue weighted by atomic mass is 10.1. The first kappa shape index (κ1) is 15.7. The van der Waals surface area contributed by atoms with Crippen LogP contribution in [0.2, 0.25) is 0 Å². The maximum absolute atomic E-state index is 12.7. The number of methoxy groups -OCH3 is 2. The van der Waals surface area contributed by atoms with Gasteiger partial charge in [0, 0.05) is 20.2 Å². The van der Waals surface area contributed by atoms with Crippen molar-refractivity contribution in [2.45, 2.75) is 43.5 Å². The van der Waals surface area contributed by atoms with Crippen molar-refractivity contribution in [1.82, 2.24) is 4.31 Å². The van der Waals surface area contributed by atoms with E-state index < -0.39 is 27.2 Å². The highest BCUT2D eigenvalue weighted by Crippen LogP contribution is 2.34. The second kappa shape index (κ2) is 6.41. The van der Waals surface area contributed by atoms with E-state index in [1.54, 1.807) is 7.11 Å². The van der Waals surface area contributed by atoms with Crippen molar-refractivity contribution in [3.63, 3.8) is 0 Å². The van der Waals surface area contributed by atoms with Crippen LogP contribution in [-0.4, -0.2) is 57.4 Å². The minimum atomic E-state index is -3.46. The summed E-state index contributed by atoms with van der Waals surface area (Å²) in [7, 11) is -0.540. The Bertz CT molecular complexity index is 450. The first-order valence-corrected chi connectivity index (χ1v) is 8.60. The Balaban J connectivity index is 2.14. The fourth-order valence-corrected chi connectivity index (χ4v) is 5.49. The number of rotatable bonds is 4. The van der Waals surface area contributed by atoms with Crippen molar-refractivity contribution < 1.29 is 22.7 Å². The van der Waals surface area contributed by atoms with E-state index in [0.717, 1.165) is 19.3 Å². The monoisotopic (exact) mass is 305 g/mol. The van der Waals surface area contributed by atoms with E-state index in [1.807, 2.05) is 0 Å². The lowest BCUT2D eigenvalue weighted by Gasteiger charge is -2.33. The smallest absolute Gasteiger partial charge is 0.310 e. The molecule has 1 saturated carbocycles. The lowest BCUT2D eigenvalue weighted by molar-refractivity contribution is -0.145. The Morgan fingerprint density at radius 3 is 2.55 bits per heavy atom. The van der Waals surface area contributed by atoms with Crippen molar-refractivity contribution in [3.8, 4) is 0 Å². The lowest BCUT2D eigenvalue weighted by Crippen LogP contribution is -2.48. The van der Waals surface area contributed by atoms with Gasteiger partial charge in [-0.15, -0.1) is 0 Å². The van der Waals surface area contributed by atoms with Gasteiger partial charge in [-0.25, -0.2) is 8.42 Å². The van der Waals surface area contributed by atoms with Gasteiger partial charge in [0.25, 0.3) is 0 Å². The van der Waals surface area contributed by atoms with E-state index in [9.17, 15) is 13.2 Å². The van der Waals surface area contributed by atoms with Crippen LogP contribution >= 0.6 is 0 Å². The van der Waals surface area contributed by atoms with E-state index in [0.29, 0.717) is 25.9 Å². The molecule has 116 valence electrons. The molecular weight excluding hydrogens is 282 g/mol. The van der Waals surface area contributed by atoms with Crippen LogP contribution < -0.4 is 0 Å². The minimum Gasteiger partial charge on any atom is -0.469 e. The molecule has 0 amide bonds. The number of nitrogens with zero attached hydrogens (tertiary/aromatic N) is 1. The Labute approximate surface area is 120 Å². The third-order valence-electron chi connectivity index (χ3n) is 4.37. The van der Waals surface area contributed by atoms with Gasteiger partial charge in [0.1, 0.15) is 0 Å². The van der Waals surface area contributed by atoms with E-state index in [1.165, 1.54) is 11.4 Å². The third-order valence-corrected chi connectivity index (χ3v) is 6.75. The summed E-state index contributed by atoms with van der Waals surface area (Å²) in [6.07, 6.45) is 3.53. The third kappa shape index (κ3) is 2.99. The van der Waals surface area contributed by atoms with Crippen molar-refractivity contribution in [2.75, 3.05) is 27.3 Å². The highest BCUT2D eigenvalue weighted by Gasteiger charge is 2.45. The molecule has 3 atom stereocenters. The average molecular weight is 305 g/mol. The first-order valence-electron chi connectivity index (χ1n) is 7.10. The van der Waals surface area contributed by atoms with Crippen LogP contribution in [0.25, 0.3) is 0 Å². The van der Waals surface area contributed by atoms with Gasteiger partial charge in [-0.3, -0.25) is 4.79 Å². The first-order chi connectivity index (χ1) is 9.50. The average Bonchev–Trinajstić information content (AvgIpc) is 2.96. The second-order valence-corrected chi connectivity index (χ2v) is 7.65. The van der Waals surface area contributed by atoms with Gasteiger partial charge in [-0.1, -0.05) is 6.42 Å². The topological polar surface area (TPSA) is 72.9 Å². The summed E-state index contributed by atoms with van der Waals surface area (Å²) >= 11 is 0. The number of hydrogen-bond donors (Lipinski definition) is 0. The summed E-state index contributed by atoms with van der Waals surface area (Å²) in [4.78, 5) is 11.7. The zero-order valence-electron chi connectivity index (χ0n) is 12.1. The molecule has 1 aliphatic carbocycles. The number of carbonyl (C=O) groups excluding carboxylic acids is 1. The molecule has 20 heavy (non-hydrogen) atoms. The zero-order chi connectivity index (χ0) is 14.8. The molecule has 0 aromatic carbocycles. The number of ether oxygens (including phenoxy) is 2. The second-order valence-electron chi connectivity index (χ2n) is 5.50. The molecule has 1 saturated heterocycles. The molecule has 0 aromatic rings. The molecule has 0 radical (unpaired) electrons. The quantitative estimate of drug-likeness (QED) is 0.717. The molecule has 2 fully saturated rings. The summed E-state index contributed by atoms with van der Waals surface area (Å²) in [6, 6.07) is 0. The standard InChI is InChI=1S/C13H23NO5S/c1-18-10-5-4-8-14(9-10)20(16,17)12-7-3-6-11(12)13(15)19-2/h10-12H,3-9H2,1-2H3. The predicted molar refractivity (Wildman–Crippen MR) is 73.7 cm³/mol. The normalized spacial score (nSPS) is 32.2. The van der Waals surface area contributed by atoms with Crippen LogP contribution in [0.5, 0.6) is 0 Å². The van der Waals surface area contributed by atoms with Gasteiger partial charge in [-0.05, 0) is 25.7 Å². The zero-order valence-corrected chi connectivity index (χ0v) is 12.9. The summed E-state index contributed by atoms with van der Waals surface area (Å²) in [6.45, 7) is 0.913. The fourth-order valence-electron chi connectivity index (χ4n) is 3.22. The molecule has 2 rings (SSSR count). The van der Waals surface area contributed by atoms with Crippen molar-refractivity contribution in [1.29, 1.82) is 0 Å². The van der Waals surface area contributed by atoms with Crippen molar-refractivity contribution in [3.05, 3.63) is 0 Å². The van der Waals surface area contributed by atoms with Crippen LogP contribution in [0, 0.1) is 5.92 Å². The van der Waals surface area contributed by atoms with Crippen molar-refractivity contribution >= 4 is 16.0 Å². The van der Waals surface area contributed by atoms with E-state index >= 15 is 0 Å². The van der Waals surface area contributed by atoms with Gasteiger partial charge < -0.3 is 9.47 Å². The predicted octanol–water partition coefficient (Wildman–Crippen LogP) is 0.769. The molecule has 1 heterocycles. The summed E-state index contributed by atoms with van der Waals surface area (Å²) in [5.41, 5.74) is 0. The number of piperidine rings is 1. The number of sulfonamides is 1. The van der Waals surface area contributed by atoms with Crippen LogP contribution in [0.1, 0.15) is 32.1 Å². The molecular formula is C13H23NO5S. The van der Waals surface area contributed by atoms with Crippen LogP contribution in [0.4, 0.5) is 0 Å². The van der Waals surface area contributed by atoms with Gasteiger partial charge in [0.2, 0.25) is 10.0 Å². The number of carbonyl (C=O) groups is 1.